The van der Waals surface area contributed by atoms with Gasteiger partial charge >= 0.3 is 0 Å². The lowest BCUT2D eigenvalue weighted by Crippen LogP contribution is -2.36. The number of Topliss-reactive ketones (excluding diaryl/α,β-unsaturated/α-hetero) is 1. The molecule has 0 fully saturated rings. The Morgan fingerprint density at radius 2 is 1.96 bits per heavy atom. The lowest BCUT2D eigenvalue weighted by molar-refractivity contribution is -0.118. The average Bonchev–Trinajstić information content (AvgIpc) is 2.58. The molecule has 1 aliphatic heterocycles. The maximum atomic E-state index is 12.9. The van der Waals surface area contributed by atoms with Gasteiger partial charge < -0.3 is 5.32 Å². The van der Waals surface area contributed by atoms with Gasteiger partial charge in [-0.05, 0) is 17.4 Å². The fourth-order valence-corrected chi connectivity index (χ4v) is 4.30. The first-order valence-electron chi connectivity index (χ1n) is 8.19. The molecule has 0 saturated heterocycles. The molecule has 0 radical (unpaired) electrons. The van der Waals surface area contributed by atoms with Crippen molar-refractivity contribution >= 4 is 17.5 Å². The molecule has 0 bridgehead atoms. The first-order chi connectivity index (χ1) is 12.0. The van der Waals surface area contributed by atoms with Gasteiger partial charge in [-0.25, -0.2) is 0 Å². The van der Waals surface area contributed by atoms with Crippen molar-refractivity contribution in [1.29, 1.82) is 10.5 Å². The van der Waals surface area contributed by atoms with Crippen LogP contribution in [0.1, 0.15) is 38.2 Å². The Labute approximate surface area is 152 Å². The zero-order valence-electron chi connectivity index (χ0n) is 14.3. The second-order valence-corrected chi connectivity index (χ2v) is 8.09. The van der Waals surface area contributed by atoms with Crippen LogP contribution in [0.2, 0.25) is 0 Å². The molecule has 1 aliphatic carbocycles. The number of hydrogen-bond acceptors (Lipinski definition) is 5. The van der Waals surface area contributed by atoms with Gasteiger partial charge in [-0.1, -0.05) is 55.9 Å². The zero-order valence-corrected chi connectivity index (χ0v) is 15.1. The molecule has 126 valence electrons. The number of hydrogen-bond donors (Lipinski definition) is 1. The van der Waals surface area contributed by atoms with Crippen molar-refractivity contribution in [2.45, 2.75) is 32.6 Å². The van der Waals surface area contributed by atoms with Crippen molar-refractivity contribution in [1.82, 2.24) is 5.32 Å². The van der Waals surface area contributed by atoms with Gasteiger partial charge in [-0.2, -0.15) is 10.5 Å². The van der Waals surface area contributed by atoms with E-state index in [0.717, 1.165) is 17.7 Å². The summed E-state index contributed by atoms with van der Waals surface area (Å²) in [6, 6.07) is 14.1. The van der Waals surface area contributed by atoms with Crippen molar-refractivity contribution in [2.75, 3.05) is 5.75 Å². The third kappa shape index (κ3) is 3.34. The van der Waals surface area contributed by atoms with E-state index in [2.05, 4.69) is 31.3 Å². The predicted molar refractivity (Wildman–Crippen MR) is 98.1 cm³/mol. The molecule has 2 aliphatic rings. The Bertz CT molecular complexity index is 853. The van der Waals surface area contributed by atoms with Crippen LogP contribution in [-0.4, -0.2) is 11.5 Å². The third-order valence-electron chi connectivity index (χ3n) is 4.54. The maximum Gasteiger partial charge on any atom is 0.162 e. The van der Waals surface area contributed by atoms with Gasteiger partial charge in [-0.3, -0.25) is 4.79 Å². The van der Waals surface area contributed by atoms with E-state index in [1.807, 2.05) is 30.3 Å². The van der Waals surface area contributed by atoms with Crippen LogP contribution in [0.5, 0.6) is 0 Å². The SMILES string of the molecule is CC1(C)CC(=O)C2=C(C1)NC(SCC#N)=C(C#N)[C@@H]2c1ccccc1. The van der Waals surface area contributed by atoms with E-state index in [9.17, 15) is 10.1 Å². The highest BCUT2D eigenvalue weighted by molar-refractivity contribution is 8.03. The Balaban J connectivity index is 2.16. The zero-order chi connectivity index (χ0) is 18.0. The molecule has 0 saturated carbocycles. The van der Waals surface area contributed by atoms with E-state index in [1.54, 1.807) is 0 Å². The highest BCUT2D eigenvalue weighted by atomic mass is 32.2. The average molecular weight is 349 g/mol. The molecule has 1 heterocycles. The van der Waals surface area contributed by atoms with Crippen molar-refractivity contribution < 1.29 is 4.79 Å². The van der Waals surface area contributed by atoms with Gasteiger partial charge in [0, 0.05) is 17.7 Å². The molecule has 1 aromatic carbocycles. The lowest BCUT2D eigenvalue weighted by atomic mass is 9.69. The summed E-state index contributed by atoms with van der Waals surface area (Å²) in [5.41, 5.74) is 2.96. The number of rotatable bonds is 3. The van der Waals surface area contributed by atoms with Crippen LogP contribution in [0.4, 0.5) is 0 Å². The van der Waals surface area contributed by atoms with Gasteiger partial charge in [0.2, 0.25) is 0 Å². The Morgan fingerprint density at radius 1 is 1.24 bits per heavy atom. The summed E-state index contributed by atoms with van der Waals surface area (Å²) >= 11 is 1.33. The monoisotopic (exact) mass is 349 g/mol. The van der Waals surface area contributed by atoms with Gasteiger partial charge in [0.05, 0.1) is 34.4 Å². The number of dihydropyridines is 1. The number of nitrogens with one attached hydrogen (secondary N) is 1. The first-order valence-corrected chi connectivity index (χ1v) is 9.17. The maximum absolute atomic E-state index is 12.9. The number of nitrogens with zero attached hydrogens (tertiary/aromatic N) is 2. The van der Waals surface area contributed by atoms with Crippen LogP contribution < -0.4 is 5.32 Å². The number of ketones is 1. The fraction of sp³-hybridized carbons (Fsp3) is 0.350. The lowest BCUT2D eigenvalue weighted by Gasteiger charge is -2.38. The summed E-state index contributed by atoms with van der Waals surface area (Å²) in [6.07, 6.45) is 1.24. The standard InChI is InChI=1S/C20H19N3OS/c1-20(2)10-15-18(16(24)11-20)17(13-6-4-3-5-7-13)14(12-22)19(23-15)25-9-8-21/h3-7,17,23H,9-11H2,1-2H3/t17-/m0/s1. The van der Waals surface area contributed by atoms with E-state index in [-0.39, 0.29) is 22.9 Å². The fourth-order valence-electron chi connectivity index (χ4n) is 3.57. The molecule has 1 atom stereocenters. The van der Waals surface area contributed by atoms with E-state index in [1.165, 1.54) is 11.8 Å². The molecule has 1 aromatic rings. The molecule has 5 heteroatoms. The second-order valence-electron chi connectivity index (χ2n) is 7.10. The molecule has 25 heavy (non-hydrogen) atoms. The minimum absolute atomic E-state index is 0.102. The van der Waals surface area contributed by atoms with Crippen LogP contribution in [0.15, 0.2) is 52.2 Å². The number of allylic oxidation sites excluding steroid dienone is 3. The molecular weight excluding hydrogens is 330 g/mol. The van der Waals surface area contributed by atoms with Crippen LogP contribution in [0, 0.1) is 28.1 Å². The largest absolute Gasteiger partial charge is 0.352 e. The molecule has 1 N–H and O–H groups in total. The van der Waals surface area contributed by atoms with Gasteiger partial charge in [0.1, 0.15) is 0 Å². The van der Waals surface area contributed by atoms with E-state index >= 15 is 0 Å². The molecule has 0 amide bonds. The van der Waals surface area contributed by atoms with Crippen LogP contribution in [0.25, 0.3) is 0 Å². The highest BCUT2D eigenvalue weighted by Gasteiger charge is 2.41. The summed E-state index contributed by atoms with van der Waals surface area (Å²) in [6.45, 7) is 4.17. The van der Waals surface area contributed by atoms with Crippen LogP contribution in [0.3, 0.4) is 0 Å². The summed E-state index contributed by atoms with van der Waals surface area (Å²) in [7, 11) is 0. The molecule has 0 unspecified atom stereocenters. The normalized spacial score (nSPS) is 21.9. The van der Waals surface area contributed by atoms with Gasteiger partial charge in [0.25, 0.3) is 0 Å². The smallest absolute Gasteiger partial charge is 0.162 e. The minimum Gasteiger partial charge on any atom is -0.352 e. The number of thioether (sulfide) groups is 1. The number of carbonyl (C=O) groups excluding carboxylic acids is 1. The Kier molecular flexibility index (Phi) is 4.70. The van der Waals surface area contributed by atoms with Crippen molar-refractivity contribution in [3.8, 4) is 12.1 Å². The van der Waals surface area contributed by atoms with Crippen LogP contribution in [-0.2, 0) is 4.79 Å². The summed E-state index contributed by atoms with van der Waals surface area (Å²) in [5.74, 6) is 0.00606. The first kappa shape index (κ1) is 17.3. The minimum atomic E-state index is -0.354. The summed E-state index contributed by atoms with van der Waals surface area (Å²) in [4.78, 5) is 12.9. The van der Waals surface area contributed by atoms with Crippen molar-refractivity contribution in [3.63, 3.8) is 0 Å². The molecule has 3 rings (SSSR count). The number of benzene rings is 1. The predicted octanol–water partition coefficient (Wildman–Crippen LogP) is 4.01. The molecule has 4 nitrogen and oxygen atoms in total. The van der Waals surface area contributed by atoms with Crippen LogP contribution >= 0.6 is 11.8 Å². The number of nitriles is 2. The topological polar surface area (TPSA) is 76.7 Å². The van der Waals surface area contributed by atoms with Gasteiger partial charge in [-0.15, -0.1) is 0 Å². The van der Waals surface area contributed by atoms with Crippen molar-refractivity contribution in [3.05, 3.63) is 57.8 Å². The Hall–Kier alpha value is -2.50. The third-order valence-corrected chi connectivity index (χ3v) is 5.42. The quantitative estimate of drug-likeness (QED) is 0.892. The molecule has 0 aromatic heterocycles. The Morgan fingerprint density at radius 3 is 2.60 bits per heavy atom. The van der Waals surface area contributed by atoms with E-state index in [0.29, 0.717) is 22.6 Å². The van der Waals surface area contributed by atoms with E-state index < -0.39 is 0 Å². The van der Waals surface area contributed by atoms with E-state index in [4.69, 9.17) is 5.26 Å². The molecule has 0 spiro atoms. The number of carbonyl (C=O) groups is 1. The molecular formula is C20H19N3OS. The van der Waals surface area contributed by atoms with Gasteiger partial charge in [0.15, 0.2) is 5.78 Å². The van der Waals surface area contributed by atoms with Crippen molar-refractivity contribution in [2.24, 2.45) is 5.41 Å². The second kappa shape index (κ2) is 6.78. The highest BCUT2D eigenvalue weighted by Crippen LogP contribution is 2.47. The summed E-state index contributed by atoms with van der Waals surface area (Å²) in [5, 5.41) is 22.7. The summed E-state index contributed by atoms with van der Waals surface area (Å²) < 4.78 is 0.